The van der Waals surface area contributed by atoms with E-state index in [9.17, 15) is 4.79 Å². The largest absolute Gasteiger partial charge is 0.355 e. The molecule has 2 heterocycles. The minimum atomic E-state index is -0.0752. The Bertz CT molecular complexity index is 553. The molecular formula is C11H14ClN5O. The molecule has 0 aliphatic rings. The number of fused-ring (bicyclic) bond motifs is 1. The normalized spacial score (nSPS) is 10.6. The number of aromatic nitrogens is 3. The fourth-order valence-corrected chi connectivity index (χ4v) is 1.57. The van der Waals surface area contributed by atoms with Crippen LogP contribution in [0.2, 0.25) is 5.02 Å². The molecule has 2 aromatic rings. The summed E-state index contributed by atoms with van der Waals surface area (Å²) in [5.74, 6) is 0.331. The van der Waals surface area contributed by atoms with E-state index in [0.29, 0.717) is 23.2 Å². The molecule has 0 bridgehead atoms. The quantitative estimate of drug-likeness (QED) is 0.857. The monoisotopic (exact) mass is 267 g/mol. The number of hydrogen-bond acceptors (Lipinski definition) is 4. The maximum absolute atomic E-state index is 11.4. The average Bonchev–Trinajstić information content (AvgIpc) is 2.75. The van der Waals surface area contributed by atoms with Gasteiger partial charge in [0.2, 0.25) is 11.9 Å². The number of nitrogens with zero attached hydrogens (tertiary/aromatic N) is 3. The van der Waals surface area contributed by atoms with Crippen molar-refractivity contribution in [2.75, 3.05) is 18.4 Å². The molecule has 18 heavy (non-hydrogen) atoms. The van der Waals surface area contributed by atoms with Crippen LogP contribution in [-0.4, -0.2) is 33.6 Å². The predicted octanol–water partition coefficient (Wildman–Crippen LogP) is 1.32. The summed E-state index contributed by atoms with van der Waals surface area (Å²) < 4.78 is 1.56. The molecule has 0 saturated heterocycles. The van der Waals surface area contributed by atoms with Crippen molar-refractivity contribution in [3.8, 4) is 0 Å². The van der Waals surface area contributed by atoms with Crippen LogP contribution in [0.15, 0.2) is 18.3 Å². The maximum Gasteiger partial charge on any atom is 0.243 e. The number of rotatable bonds is 5. The lowest BCUT2D eigenvalue weighted by molar-refractivity contribution is -0.119. The van der Waals surface area contributed by atoms with E-state index in [0.717, 1.165) is 6.42 Å². The van der Waals surface area contributed by atoms with E-state index in [1.165, 1.54) is 0 Å². The van der Waals surface area contributed by atoms with Gasteiger partial charge in [-0.05, 0) is 18.6 Å². The van der Waals surface area contributed by atoms with Crippen LogP contribution in [0.25, 0.3) is 5.65 Å². The van der Waals surface area contributed by atoms with E-state index in [-0.39, 0.29) is 12.5 Å². The van der Waals surface area contributed by atoms with E-state index in [4.69, 9.17) is 11.6 Å². The summed E-state index contributed by atoms with van der Waals surface area (Å²) >= 11 is 5.84. The van der Waals surface area contributed by atoms with Crippen LogP contribution in [-0.2, 0) is 4.79 Å². The number of amides is 1. The summed E-state index contributed by atoms with van der Waals surface area (Å²) in [6.07, 6.45) is 2.57. The molecule has 0 aliphatic heterocycles. The Labute approximate surface area is 109 Å². The molecule has 2 aromatic heterocycles. The molecule has 0 aliphatic carbocycles. The van der Waals surface area contributed by atoms with Gasteiger partial charge in [-0.25, -0.2) is 4.52 Å². The lowest BCUT2D eigenvalue weighted by Gasteiger charge is -2.02. The Hall–Kier alpha value is -1.82. The third-order valence-electron chi connectivity index (χ3n) is 2.27. The van der Waals surface area contributed by atoms with Crippen molar-refractivity contribution in [3.05, 3.63) is 23.4 Å². The molecule has 7 heteroatoms. The van der Waals surface area contributed by atoms with Gasteiger partial charge in [0, 0.05) is 12.7 Å². The van der Waals surface area contributed by atoms with Crippen molar-refractivity contribution in [2.45, 2.75) is 13.3 Å². The van der Waals surface area contributed by atoms with Gasteiger partial charge in [0.25, 0.3) is 0 Å². The summed E-state index contributed by atoms with van der Waals surface area (Å²) in [5.41, 5.74) is 0.677. The Morgan fingerprint density at radius 1 is 1.50 bits per heavy atom. The van der Waals surface area contributed by atoms with Crippen molar-refractivity contribution in [2.24, 2.45) is 0 Å². The molecule has 0 radical (unpaired) electrons. The molecule has 2 rings (SSSR count). The number of hydrogen-bond donors (Lipinski definition) is 2. The van der Waals surface area contributed by atoms with Gasteiger partial charge in [-0.3, -0.25) is 4.79 Å². The fourth-order valence-electron chi connectivity index (χ4n) is 1.42. The molecular weight excluding hydrogens is 254 g/mol. The Balaban J connectivity index is 1.97. The van der Waals surface area contributed by atoms with Gasteiger partial charge in [0.05, 0.1) is 11.6 Å². The Morgan fingerprint density at radius 2 is 2.33 bits per heavy atom. The molecule has 2 N–H and O–H groups in total. The van der Waals surface area contributed by atoms with Gasteiger partial charge in [-0.15, -0.1) is 5.10 Å². The van der Waals surface area contributed by atoms with Crippen molar-refractivity contribution in [3.63, 3.8) is 0 Å². The van der Waals surface area contributed by atoms with Crippen LogP contribution >= 0.6 is 11.6 Å². The zero-order valence-electron chi connectivity index (χ0n) is 9.98. The second-order valence-corrected chi connectivity index (χ2v) is 4.23. The standard InChI is InChI=1S/C11H14ClN5O/c1-2-5-13-10(18)6-14-11-15-9-4-3-8(12)7-17(9)16-11/h3-4,7H,2,5-6H2,1H3,(H,13,18)(H,14,16). The predicted molar refractivity (Wildman–Crippen MR) is 69.8 cm³/mol. The molecule has 0 spiro atoms. The first-order chi connectivity index (χ1) is 8.69. The fraction of sp³-hybridized carbons (Fsp3) is 0.364. The minimum Gasteiger partial charge on any atom is -0.355 e. The number of nitrogens with one attached hydrogen (secondary N) is 2. The van der Waals surface area contributed by atoms with Crippen LogP contribution in [0.5, 0.6) is 0 Å². The van der Waals surface area contributed by atoms with Crippen LogP contribution < -0.4 is 10.6 Å². The first kappa shape index (κ1) is 12.6. The van der Waals surface area contributed by atoms with Gasteiger partial charge in [-0.1, -0.05) is 18.5 Å². The lowest BCUT2D eigenvalue weighted by atomic mass is 10.4. The van der Waals surface area contributed by atoms with E-state index in [1.54, 1.807) is 22.8 Å². The van der Waals surface area contributed by atoms with E-state index < -0.39 is 0 Å². The molecule has 6 nitrogen and oxygen atoms in total. The average molecular weight is 268 g/mol. The zero-order valence-corrected chi connectivity index (χ0v) is 10.7. The molecule has 0 saturated carbocycles. The molecule has 0 fully saturated rings. The third kappa shape index (κ3) is 3.10. The van der Waals surface area contributed by atoms with Gasteiger partial charge < -0.3 is 10.6 Å². The van der Waals surface area contributed by atoms with Gasteiger partial charge >= 0.3 is 0 Å². The second kappa shape index (κ2) is 5.68. The smallest absolute Gasteiger partial charge is 0.243 e. The summed E-state index contributed by atoms with van der Waals surface area (Å²) in [6, 6.07) is 3.50. The summed E-state index contributed by atoms with van der Waals surface area (Å²) in [4.78, 5) is 15.6. The van der Waals surface area contributed by atoms with Crippen molar-refractivity contribution >= 4 is 29.1 Å². The Morgan fingerprint density at radius 3 is 3.11 bits per heavy atom. The maximum atomic E-state index is 11.4. The van der Waals surface area contributed by atoms with Crippen molar-refractivity contribution in [1.82, 2.24) is 19.9 Å². The van der Waals surface area contributed by atoms with Crippen molar-refractivity contribution < 1.29 is 4.79 Å². The topological polar surface area (TPSA) is 71.3 Å². The van der Waals surface area contributed by atoms with E-state index >= 15 is 0 Å². The highest BCUT2D eigenvalue weighted by molar-refractivity contribution is 6.30. The van der Waals surface area contributed by atoms with Crippen LogP contribution in [0.4, 0.5) is 5.95 Å². The number of halogens is 1. The molecule has 0 atom stereocenters. The number of carbonyl (C=O) groups excluding carboxylic acids is 1. The van der Waals surface area contributed by atoms with Gasteiger partial charge in [0.1, 0.15) is 0 Å². The molecule has 96 valence electrons. The molecule has 0 aromatic carbocycles. The van der Waals surface area contributed by atoms with Crippen LogP contribution in [0, 0.1) is 0 Å². The number of pyridine rings is 1. The van der Waals surface area contributed by atoms with E-state index in [1.807, 2.05) is 6.92 Å². The molecule has 1 amide bonds. The summed E-state index contributed by atoms with van der Waals surface area (Å²) in [5, 5.41) is 10.4. The lowest BCUT2D eigenvalue weighted by Crippen LogP contribution is -2.30. The first-order valence-corrected chi connectivity index (χ1v) is 6.09. The minimum absolute atomic E-state index is 0.0752. The SMILES string of the molecule is CCCNC(=O)CNc1nc2ccc(Cl)cn2n1. The van der Waals surface area contributed by atoms with Crippen molar-refractivity contribution in [1.29, 1.82) is 0 Å². The number of anilines is 1. The first-order valence-electron chi connectivity index (χ1n) is 5.71. The van der Waals surface area contributed by atoms with Gasteiger partial charge in [-0.2, -0.15) is 4.98 Å². The van der Waals surface area contributed by atoms with E-state index in [2.05, 4.69) is 20.7 Å². The zero-order chi connectivity index (χ0) is 13.0. The second-order valence-electron chi connectivity index (χ2n) is 3.79. The third-order valence-corrected chi connectivity index (χ3v) is 2.50. The highest BCUT2D eigenvalue weighted by atomic mass is 35.5. The number of carbonyl (C=O) groups is 1. The highest BCUT2D eigenvalue weighted by Gasteiger charge is 2.05. The van der Waals surface area contributed by atoms with Crippen LogP contribution in [0.3, 0.4) is 0 Å². The summed E-state index contributed by atoms with van der Waals surface area (Å²) in [7, 11) is 0. The van der Waals surface area contributed by atoms with Gasteiger partial charge in [0.15, 0.2) is 5.65 Å². The van der Waals surface area contributed by atoms with Crippen LogP contribution in [0.1, 0.15) is 13.3 Å². The molecule has 0 unspecified atom stereocenters. The summed E-state index contributed by atoms with van der Waals surface area (Å²) in [6.45, 7) is 2.83. The Kier molecular flexibility index (Phi) is 3.99. The highest BCUT2D eigenvalue weighted by Crippen LogP contribution is 2.11.